The molecule has 0 bridgehead atoms. The average molecular weight is 351 g/mol. The van der Waals surface area contributed by atoms with E-state index >= 15 is 0 Å². The van der Waals surface area contributed by atoms with Crippen LogP contribution in [-0.4, -0.2) is 60.4 Å². The Morgan fingerprint density at radius 2 is 2.00 bits per heavy atom. The molecule has 2 N–H and O–H groups in total. The summed E-state index contributed by atoms with van der Waals surface area (Å²) in [5, 5.41) is 11.3. The van der Waals surface area contributed by atoms with Crippen molar-refractivity contribution in [2.45, 2.75) is 60.0 Å². The zero-order valence-electron chi connectivity index (χ0n) is 17.3. The summed E-state index contributed by atoms with van der Waals surface area (Å²) >= 11 is 0. The first kappa shape index (κ1) is 21.5. The first-order chi connectivity index (χ1) is 11.8. The van der Waals surface area contributed by atoms with Gasteiger partial charge in [0, 0.05) is 31.4 Å². The van der Waals surface area contributed by atoms with Gasteiger partial charge in [-0.05, 0) is 59.7 Å². The molecule has 144 valence electrons. The maximum Gasteiger partial charge on any atom is 0.191 e. The van der Waals surface area contributed by atoms with Crippen LogP contribution in [0, 0.1) is 19.8 Å². The van der Waals surface area contributed by atoms with Crippen molar-refractivity contribution in [3.05, 3.63) is 17.5 Å². The van der Waals surface area contributed by atoms with Crippen LogP contribution in [0.1, 0.15) is 45.0 Å². The van der Waals surface area contributed by atoms with Crippen molar-refractivity contribution in [2.75, 3.05) is 33.7 Å². The van der Waals surface area contributed by atoms with Crippen LogP contribution in [0.3, 0.4) is 0 Å². The van der Waals surface area contributed by atoms with Crippen molar-refractivity contribution < 1.29 is 0 Å². The third-order valence-electron chi connectivity index (χ3n) is 4.22. The molecule has 1 aromatic rings. The Bertz CT molecular complexity index is 518. The highest BCUT2D eigenvalue weighted by molar-refractivity contribution is 5.79. The normalized spacial score (nSPS) is 13.6. The molecule has 0 spiro atoms. The Morgan fingerprint density at radius 3 is 2.52 bits per heavy atom. The van der Waals surface area contributed by atoms with Gasteiger partial charge < -0.3 is 15.5 Å². The minimum absolute atomic E-state index is 0.477. The molecule has 25 heavy (non-hydrogen) atoms. The van der Waals surface area contributed by atoms with E-state index in [0.717, 1.165) is 50.7 Å². The Labute approximate surface area is 154 Å². The topological polar surface area (TPSA) is 57.5 Å². The standard InChI is InChI=1S/C19H38N6/c1-8-20-19(22-14-18(24(6)7)12-15(2)3)21-10-9-11-25-17(5)13-16(4)23-25/h13,15,18H,8-12,14H2,1-7H3,(H2,20,21,22). The minimum Gasteiger partial charge on any atom is -0.357 e. The lowest BCUT2D eigenvalue weighted by atomic mass is 10.0. The highest BCUT2D eigenvalue weighted by Crippen LogP contribution is 2.09. The van der Waals surface area contributed by atoms with Crippen molar-refractivity contribution in [1.82, 2.24) is 25.3 Å². The highest BCUT2D eigenvalue weighted by Gasteiger charge is 2.13. The second-order valence-corrected chi connectivity index (χ2v) is 7.40. The SMILES string of the molecule is CCNC(=NCC(CC(C)C)N(C)C)NCCCn1nc(C)cc1C. The smallest absolute Gasteiger partial charge is 0.191 e. The molecule has 0 amide bonds. The van der Waals surface area contributed by atoms with Gasteiger partial charge in [0.25, 0.3) is 0 Å². The third-order valence-corrected chi connectivity index (χ3v) is 4.22. The number of nitrogens with one attached hydrogen (secondary N) is 2. The molecule has 0 fully saturated rings. The summed E-state index contributed by atoms with van der Waals surface area (Å²) in [7, 11) is 4.27. The van der Waals surface area contributed by atoms with Crippen LogP contribution in [0.5, 0.6) is 0 Å². The average Bonchev–Trinajstić information content (AvgIpc) is 2.84. The first-order valence-corrected chi connectivity index (χ1v) is 9.53. The molecule has 0 radical (unpaired) electrons. The van der Waals surface area contributed by atoms with Gasteiger partial charge in [0.1, 0.15) is 0 Å². The molecule has 0 saturated carbocycles. The summed E-state index contributed by atoms with van der Waals surface area (Å²) in [6.07, 6.45) is 2.18. The van der Waals surface area contributed by atoms with E-state index in [-0.39, 0.29) is 0 Å². The van der Waals surface area contributed by atoms with Crippen molar-refractivity contribution in [1.29, 1.82) is 0 Å². The van der Waals surface area contributed by atoms with Crippen molar-refractivity contribution >= 4 is 5.96 Å². The van der Waals surface area contributed by atoms with Gasteiger partial charge in [0.05, 0.1) is 12.2 Å². The Morgan fingerprint density at radius 1 is 1.28 bits per heavy atom. The lowest BCUT2D eigenvalue weighted by molar-refractivity contribution is 0.261. The number of aryl methyl sites for hydroxylation is 3. The van der Waals surface area contributed by atoms with Crippen LogP contribution in [0.2, 0.25) is 0 Å². The number of aromatic nitrogens is 2. The molecule has 6 nitrogen and oxygen atoms in total. The van der Waals surface area contributed by atoms with Gasteiger partial charge in [-0.3, -0.25) is 9.67 Å². The minimum atomic E-state index is 0.477. The van der Waals surface area contributed by atoms with Gasteiger partial charge in [0.15, 0.2) is 5.96 Å². The second kappa shape index (κ2) is 11.1. The van der Waals surface area contributed by atoms with Crippen LogP contribution in [-0.2, 0) is 6.54 Å². The van der Waals surface area contributed by atoms with Crippen molar-refractivity contribution in [3.8, 4) is 0 Å². The van der Waals surface area contributed by atoms with E-state index in [4.69, 9.17) is 4.99 Å². The van der Waals surface area contributed by atoms with Gasteiger partial charge in [-0.25, -0.2) is 0 Å². The molecule has 1 heterocycles. The summed E-state index contributed by atoms with van der Waals surface area (Å²) < 4.78 is 2.08. The van der Waals surface area contributed by atoms with Gasteiger partial charge in [-0.2, -0.15) is 5.10 Å². The van der Waals surface area contributed by atoms with Gasteiger partial charge in [0.2, 0.25) is 0 Å². The van der Waals surface area contributed by atoms with E-state index in [0.29, 0.717) is 12.0 Å². The number of rotatable bonds is 10. The highest BCUT2D eigenvalue weighted by atomic mass is 15.3. The van der Waals surface area contributed by atoms with Gasteiger partial charge in [-0.1, -0.05) is 13.8 Å². The molecular formula is C19H38N6. The predicted octanol–water partition coefficient (Wildman–Crippen LogP) is 2.42. The molecule has 0 aliphatic heterocycles. The molecule has 1 unspecified atom stereocenters. The van der Waals surface area contributed by atoms with Crippen molar-refractivity contribution in [3.63, 3.8) is 0 Å². The number of hydrogen-bond acceptors (Lipinski definition) is 3. The number of likely N-dealkylation sites (N-methyl/N-ethyl adjacent to an activating group) is 1. The van der Waals surface area contributed by atoms with E-state index in [9.17, 15) is 0 Å². The Hall–Kier alpha value is -1.56. The maximum absolute atomic E-state index is 4.78. The molecule has 0 aliphatic carbocycles. The fourth-order valence-electron chi connectivity index (χ4n) is 2.87. The predicted molar refractivity (Wildman–Crippen MR) is 107 cm³/mol. The number of aliphatic imine (C=N–C) groups is 1. The lowest BCUT2D eigenvalue weighted by Crippen LogP contribution is -2.40. The van der Waals surface area contributed by atoms with Crippen LogP contribution < -0.4 is 10.6 Å². The zero-order chi connectivity index (χ0) is 18.8. The summed E-state index contributed by atoms with van der Waals surface area (Å²) in [4.78, 5) is 7.06. The molecule has 0 aromatic carbocycles. The van der Waals surface area contributed by atoms with Crippen LogP contribution in [0.4, 0.5) is 0 Å². The summed E-state index contributed by atoms with van der Waals surface area (Å²) in [5.74, 6) is 1.59. The molecule has 1 aromatic heterocycles. The molecule has 1 rings (SSSR count). The fraction of sp³-hybridized carbons (Fsp3) is 0.789. The van der Waals surface area contributed by atoms with E-state index in [1.165, 1.54) is 5.69 Å². The van der Waals surface area contributed by atoms with Gasteiger partial charge in [-0.15, -0.1) is 0 Å². The summed E-state index contributed by atoms with van der Waals surface area (Å²) in [6.45, 7) is 14.3. The zero-order valence-corrected chi connectivity index (χ0v) is 17.3. The van der Waals surface area contributed by atoms with Crippen molar-refractivity contribution in [2.24, 2.45) is 10.9 Å². The fourth-order valence-corrected chi connectivity index (χ4v) is 2.87. The number of guanidine groups is 1. The molecule has 6 heteroatoms. The maximum atomic E-state index is 4.78. The summed E-state index contributed by atoms with van der Waals surface area (Å²) in [6, 6.07) is 2.60. The molecular weight excluding hydrogens is 312 g/mol. The van der Waals surface area contributed by atoms with E-state index in [2.05, 4.69) is 73.2 Å². The Balaban J connectivity index is 2.47. The van der Waals surface area contributed by atoms with E-state index in [1.807, 2.05) is 6.92 Å². The largest absolute Gasteiger partial charge is 0.357 e. The number of hydrogen-bond donors (Lipinski definition) is 2. The van der Waals surface area contributed by atoms with Gasteiger partial charge >= 0.3 is 0 Å². The molecule has 0 saturated heterocycles. The van der Waals surface area contributed by atoms with Crippen LogP contribution in [0.25, 0.3) is 0 Å². The monoisotopic (exact) mass is 350 g/mol. The third kappa shape index (κ3) is 8.38. The Kier molecular flexibility index (Phi) is 9.57. The van der Waals surface area contributed by atoms with Crippen LogP contribution in [0.15, 0.2) is 11.1 Å². The molecule has 1 atom stereocenters. The first-order valence-electron chi connectivity index (χ1n) is 9.53. The second-order valence-electron chi connectivity index (χ2n) is 7.40. The van der Waals surface area contributed by atoms with Crippen LogP contribution >= 0.6 is 0 Å². The summed E-state index contributed by atoms with van der Waals surface area (Å²) in [5.41, 5.74) is 2.31. The quantitative estimate of drug-likeness (QED) is 0.386. The number of nitrogens with zero attached hydrogens (tertiary/aromatic N) is 4. The lowest BCUT2D eigenvalue weighted by Gasteiger charge is -2.24. The molecule has 0 aliphatic rings. The van der Waals surface area contributed by atoms with E-state index in [1.54, 1.807) is 0 Å². The van der Waals surface area contributed by atoms with E-state index < -0.39 is 0 Å².